The number of likely N-dealkylation sites (tertiary alicyclic amines) is 1. The molecule has 1 aliphatic carbocycles. The van der Waals surface area contributed by atoms with Gasteiger partial charge in [0.05, 0.1) is 6.61 Å². The van der Waals surface area contributed by atoms with Crippen molar-refractivity contribution in [2.75, 3.05) is 20.2 Å². The zero-order chi connectivity index (χ0) is 19.8. The van der Waals surface area contributed by atoms with Crippen LogP contribution in [0.4, 0.5) is 0 Å². The second kappa shape index (κ2) is 7.62. The Morgan fingerprint density at radius 2 is 2.07 bits per heavy atom. The van der Waals surface area contributed by atoms with Crippen LogP contribution < -0.4 is 15.6 Å². The van der Waals surface area contributed by atoms with Crippen LogP contribution in [0.3, 0.4) is 0 Å². The molecule has 7 nitrogen and oxygen atoms in total. The number of rotatable bonds is 7. The van der Waals surface area contributed by atoms with Gasteiger partial charge in [-0.3, -0.25) is 9.59 Å². The van der Waals surface area contributed by atoms with Crippen molar-refractivity contribution in [1.82, 2.24) is 20.0 Å². The molecule has 2 aliphatic rings. The first-order chi connectivity index (χ1) is 12.7. The average Bonchev–Trinajstić information content (AvgIpc) is 2.55. The third-order valence-corrected chi connectivity index (χ3v) is 5.74. The van der Waals surface area contributed by atoms with Gasteiger partial charge in [0.1, 0.15) is 18.0 Å². The fraction of sp³-hybridized carbons (Fsp3) is 0.750. The molecule has 27 heavy (non-hydrogen) atoms. The first-order valence-corrected chi connectivity index (χ1v) is 9.95. The number of carbonyl (C=O) groups excluding carboxylic acids is 1. The lowest BCUT2D eigenvalue weighted by atomic mass is 9.65. The van der Waals surface area contributed by atoms with Crippen molar-refractivity contribution in [3.05, 3.63) is 22.1 Å². The molecular formula is C20H32N4O3. The van der Waals surface area contributed by atoms with Gasteiger partial charge in [0.25, 0.3) is 5.56 Å². The van der Waals surface area contributed by atoms with Crippen LogP contribution in [-0.4, -0.2) is 52.4 Å². The summed E-state index contributed by atoms with van der Waals surface area (Å²) in [5.41, 5.74) is 0.714. The molecule has 1 saturated heterocycles. The van der Waals surface area contributed by atoms with Crippen molar-refractivity contribution < 1.29 is 9.53 Å². The first-order valence-electron chi connectivity index (χ1n) is 9.95. The molecule has 0 radical (unpaired) electrons. The maximum Gasteiger partial charge on any atom is 0.270 e. The summed E-state index contributed by atoms with van der Waals surface area (Å²) in [6, 6.07) is 1.66. The second-order valence-corrected chi connectivity index (χ2v) is 8.82. The van der Waals surface area contributed by atoms with Crippen LogP contribution in [0.2, 0.25) is 0 Å². The van der Waals surface area contributed by atoms with E-state index < -0.39 is 0 Å². The van der Waals surface area contributed by atoms with Gasteiger partial charge in [-0.05, 0) is 32.2 Å². The molecule has 1 aromatic heterocycles. The topological polar surface area (TPSA) is 76.5 Å². The van der Waals surface area contributed by atoms with Gasteiger partial charge in [0.15, 0.2) is 0 Å². The van der Waals surface area contributed by atoms with Gasteiger partial charge in [-0.2, -0.15) is 5.10 Å². The van der Waals surface area contributed by atoms with Crippen molar-refractivity contribution in [3.63, 3.8) is 0 Å². The summed E-state index contributed by atoms with van der Waals surface area (Å²) in [4.78, 5) is 27.2. The Kier molecular flexibility index (Phi) is 5.60. The highest BCUT2D eigenvalue weighted by atomic mass is 16.5. The highest BCUT2D eigenvalue weighted by Crippen LogP contribution is 2.46. The van der Waals surface area contributed by atoms with Gasteiger partial charge in [0, 0.05) is 30.1 Å². The molecule has 1 aromatic rings. The van der Waals surface area contributed by atoms with Crippen LogP contribution in [0.1, 0.15) is 58.6 Å². The highest BCUT2D eigenvalue weighted by Gasteiger charge is 2.52. The van der Waals surface area contributed by atoms with Crippen molar-refractivity contribution in [1.29, 1.82) is 0 Å². The SMILES string of the molecule is CC(C)COc1cc(=O)n(CC(=O)NC2CC3(CCN3C)C2)nc1C(C)C. The molecule has 150 valence electrons. The summed E-state index contributed by atoms with van der Waals surface area (Å²) in [7, 11) is 2.14. The molecule has 0 bridgehead atoms. The summed E-state index contributed by atoms with van der Waals surface area (Å²) < 4.78 is 7.01. The number of nitrogens with one attached hydrogen (secondary N) is 1. The van der Waals surface area contributed by atoms with Gasteiger partial charge in [-0.15, -0.1) is 0 Å². The summed E-state index contributed by atoms with van der Waals surface area (Å²) in [5, 5.41) is 7.46. The fourth-order valence-corrected chi connectivity index (χ4v) is 3.91. The van der Waals surface area contributed by atoms with E-state index in [0.29, 0.717) is 29.5 Å². The Bertz CT molecular complexity index is 750. The quantitative estimate of drug-likeness (QED) is 0.785. The normalized spacial score (nSPS) is 24.8. The number of amides is 1. The van der Waals surface area contributed by atoms with Gasteiger partial charge >= 0.3 is 0 Å². The number of nitrogens with zero attached hydrogens (tertiary/aromatic N) is 3. The van der Waals surface area contributed by atoms with Crippen LogP contribution in [0.5, 0.6) is 5.75 Å². The summed E-state index contributed by atoms with van der Waals surface area (Å²) in [6.07, 6.45) is 3.21. The molecule has 3 rings (SSSR count). The molecule has 1 amide bonds. The molecule has 0 aromatic carbocycles. The Balaban J connectivity index is 1.63. The molecule has 0 atom stereocenters. The van der Waals surface area contributed by atoms with Crippen LogP contribution in [0.15, 0.2) is 10.9 Å². The van der Waals surface area contributed by atoms with E-state index in [1.807, 2.05) is 13.8 Å². The third kappa shape index (κ3) is 4.18. The zero-order valence-corrected chi connectivity index (χ0v) is 17.1. The molecule has 1 N–H and O–H groups in total. The number of hydrogen-bond donors (Lipinski definition) is 1. The number of carbonyl (C=O) groups is 1. The van der Waals surface area contributed by atoms with Crippen LogP contribution in [-0.2, 0) is 11.3 Å². The van der Waals surface area contributed by atoms with Crippen LogP contribution in [0.25, 0.3) is 0 Å². The van der Waals surface area contributed by atoms with E-state index in [4.69, 9.17) is 4.74 Å². The van der Waals surface area contributed by atoms with Gasteiger partial charge in [-0.25, -0.2) is 4.68 Å². The summed E-state index contributed by atoms with van der Waals surface area (Å²) >= 11 is 0. The lowest BCUT2D eigenvalue weighted by molar-refractivity contribution is -0.127. The molecule has 1 saturated carbocycles. The van der Waals surface area contributed by atoms with Gasteiger partial charge < -0.3 is 15.0 Å². The standard InChI is InChI=1S/C20H32N4O3/c1-13(2)12-27-16-8-18(26)24(22-19(16)14(3)4)11-17(25)21-15-9-20(10-15)6-7-23(20)5/h8,13-15H,6-7,9-12H2,1-5H3,(H,21,25). The van der Waals surface area contributed by atoms with Crippen LogP contribution >= 0.6 is 0 Å². The number of aromatic nitrogens is 2. The Morgan fingerprint density at radius 1 is 1.37 bits per heavy atom. The summed E-state index contributed by atoms with van der Waals surface area (Å²) in [6.45, 7) is 9.74. The molecule has 2 fully saturated rings. The smallest absolute Gasteiger partial charge is 0.270 e. The van der Waals surface area contributed by atoms with Crippen molar-refractivity contribution in [2.45, 2.75) is 71.0 Å². The van der Waals surface area contributed by atoms with Gasteiger partial charge in [-0.1, -0.05) is 27.7 Å². The number of hydrogen-bond acceptors (Lipinski definition) is 5. The van der Waals surface area contributed by atoms with E-state index in [-0.39, 0.29) is 30.0 Å². The Labute approximate surface area is 161 Å². The minimum absolute atomic E-state index is 0.0532. The van der Waals surface area contributed by atoms with E-state index >= 15 is 0 Å². The largest absolute Gasteiger partial charge is 0.491 e. The summed E-state index contributed by atoms with van der Waals surface area (Å²) in [5.74, 6) is 0.827. The van der Waals surface area contributed by atoms with E-state index in [1.54, 1.807) is 0 Å². The Hall–Kier alpha value is -1.89. The third-order valence-electron chi connectivity index (χ3n) is 5.74. The number of ether oxygens (including phenoxy) is 1. The predicted octanol–water partition coefficient (Wildman–Crippen LogP) is 1.75. The van der Waals surface area contributed by atoms with Crippen molar-refractivity contribution >= 4 is 5.91 Å². The molecule has 1 spiro atoms. The lowest BCUT2D eigenvalue weighted by Crippen LogP contribution is -2.69. The predicted molar refractivity (Wildman–Crippen MR) is 104 cm³/mol. The first kappa shape index (κ1) is 19.9. The molecule has 2 heterocycles. The van der Waals surface area contributed by atoms with E-state index in [1.165, 1.54) is 17.2 Å². The highest BCUT2D eigenvalue weighted by molar-refractivity contribution is 5.76. The monoisotopic (exact) mass is 376 g/mol. The molecular weight excluding hydrogens is 344 g/mol. The van der Waals surface area contributed by atoms with Gasteiger partial charge in [0.2, 0.25) is 5.91 Å². The minimum Gasteiger partial charge on any atom is -0.491 e. The minimum atomic E-state index is -0.308. The second-order valence-electron chi connectivity index (χ2n) is 8.82. The average molecular weight is 377 g/mol. The van der Waals surface area contributed by atoms with Crippen molar-refractivity contribution in [3.8, 4) is 5.75 Å². The lowest BCUT2D eigenvalue weighted by Gasteiger charge is -2.60. The van der Waals surface area contributed by atoms with E-state index in [0.717, 1.165) is 19.4 Å². The fourth-order valence-electron chi connectivity index (χ4n) is 3.91. The Morgan fingerprint density at radius 3 is 2.59 bits per heavy atom. The molecule has 0 unspecified atom stereocenters. The van der Waals surface area contributed by atoms with E-state index in [2.05, 4.69) is 36.2 Å². The maximum absolute atomic E-state index is 12.4. The van der Waals surface area contributed by atoms with E-state index in [9.17, 15) is 9.59 Å². The zero-order valence-electron chi connectivity index (χ0n) is 17.1. The molecule has 1 aliphatic heterocycles. The van der Waals surface area contributed by atoms with Crippen LogP contribution in [0, 0.1) is 5.92 Å². The van der Waals surface area contributed by atoms with Crippen molar-refractivity contribution in [2.24, 2.45) is 5.92 Å². The molecule has 7 heteroatoms. The maximum atomic E-state index is 12.4.